The third-order valence-electron chi connectivity index (χ3n) is 3.84. The number of phenolic OH excluding ortho intramolecular Hbond substituents is 1. The lowest BCUT2D eigenvalue weighted by atomic mass is 9.99. The van der Waals surface area contributed by atoms with Gasteiger partial charge in [-0.25, -0.2) is 0 Å². The van der Waals surface area contributed by atoms with Gasteiger partial charge in [0.05, 0.1) is 0 Å². The van der Waals surface area contributed by atoms with Gasteiger partial charge in [-0.2, -0.15) is 0 Å². The molecule has 3 heteroatoms. The zero-order valence-electron chi connectivity index (χ0n) is 12.8. The van der Waals surface area contributed by atoms with Crippen molar-refractivity contribution in [3.8, 4) is 5.75 Å². The maximum atomic E-state index is 9.95. The van der Waals surface area contributed by atoms with Crippen molar-refractivity contribution in [3.05, 3.63) is 28.8 Å². The summed E-state index contributed by atoms with van der Waals surface area (Å²) in [6.45, 7) is 2.97. The fraction of sp³-hybridized carbons (Fsp3) is 0.647. The quantitative estimate of drug-likeness (QED) is 0.573. The number of benzene rings is 1. The molecule has 0 saturated carbocycles. The smallest absolute Gasteiger partial charge is 0.124 e. The zero-order valence-corrected chi connectivity index (χ0v) is 12.8. The highest BCUT2D eigenvalue weighted by Crippen LogP contribution is 2.25. The maximum Gasteiger partial charge on any atom is 0.124 e. The Bertz CT molecular complexity index is 366. The van der Waals surface area contributed by atoms with Crippen molar-refractivity contribution in [2.24, 2.45) is 11.5 Å². The fourth-order valence-corrected chi connectivity index (χ4v) is 2.57. The van der Waals surface area contributed by atoms with Crippen LogP contribution in [0.1, 0.15) is 68.6 Å². The summed E-state index contributed by atoms with van der Waals surface area (Å²) in [6.07, 6.45) is 10.2. The molecule has 0 aromatic heterocycles. The van der Waals surface area contributed by atoms with E-state index in [9.17, 15) is 5.11 Å². The van der Waals surface area contributed by atoms with E-state index in [1.54, 1.807) is 0 Å². The molecule has 1 aromatic rings. The Kier molecular flexibility index (Phi) is 8.31. The minimum absolute atomic E-state index is 0.276. The number of hydrogen-bond acceptors (Lipinski definition) is 3. The summed E-state index contributed by atoms with van der Waals surface area (Å²) < 4.78 is 0. The first-order chi connectivity index (χ1) is 9.72. The summed E-state index contributed by atoms with van der Waals surface area (Å²) in [5.41, 5.74) is 14.2. The molecule has 0 aliphatic heterocycles. The molecular formula is C17H30N2O. The number of hydrogen-bond donors (Lipinski definition) is 3. The van der Waals surface area contributed by atoms with E-state index in [0.717, 1.165) is 17.5 Å². The van der Waals surface area contributed by atoms with Gasteiger partial charge in [-0.1, -0.05) is 57.6 Å². The standard InChI is InChI=1S/C17H30N2O/c1-2-3-4-5-6-7-8-9-14-10-15(12-18)17(20)16(11-14)13-19/h10-11,20H,2-9,12-13,18-19H2,1H3. The molecule has 0 amide bonds. The van der Waals surface area contributed by atoms with Crippen LogP contribution in [0.15, 0.2) is 12.1 Å². The van der Waals surface area contributed by atoms with E-state index in [2.05, 4.69) is 6.92 Å². The number of aromatic hydroxyl groups is 1. The van der Waals surface area contributed by atoms with Gasteiger partial charge in [0.15, 0.2) is 0 Å². The number of unbranched alkanes of at least 4 members (excludes halogenated alkanes) is 6. The Labute approximate surface area is 123 Å². The first-order valence-corrected chi connectivity index (χ1v) is 7.96. The van der Waals surface area contributed by atoms with E-state index in [4.69, 9.17) is 11.5 Å². The monoisotopic (exact) mass is 278 g/mol. The molecule has 0 fully saturated rings. The zero-order chi connectivity index (χ0) is 14.8. The lowest BCUT2D eigenvalue weighted by Crippen LogP contribution is -2.04. The summed E-state index contributed by atoms with van der Waals surface area (Å²) in [4.78, 5) is 0. The second-order valence-electron chi connectivity index (χ2n) is 5.54. The molecule has 0 bridgehead atoms. The Morgan fingerprint density at radius 3 is 1.85 bits per heavy atom. The normalized spacial score (nSPS) is 10.9. The van der Waals surface area contributed by atoms with Gasteiger partial charge in [-0.05, 0) is 18.4 Å². The van der Waals surface area contributed by atoms with Gasteiger partial charge in [-0.15, -0.1) is 0 Å². The van der Waals surface area contributed by atoms with E-state index in [0.29, 0.717) is 13.1 Å². The van der Waals surface area contributed by atoms with Crippen molar-refractivity contribution >= 4 is 0 Å². The molecule has 3 nitrogen and oxygen atoms in total. The van der Waals surface area contributed by atoms with Crippen LogP contribution in [0.25, 0.3) is 0 Å². The molecule has 0 unspecified atom stereocenters. The van der Waals surface area contributed by atoms with E-state index < -0.39 is 0 Å². The molecule has 0 aliphatic carbocycles. The fourth-order valence-electron chi connectivity index (χ4n) is 2.57. The average Bonchev–Trinajstić information content (AvgIpc) is 2.47. The summed E-state index contributed by atoms with van der Waals surface area (Å²) in [5, 5.41) is 9.95. The summed E-state index contributed by atoms with van der Waals surface area (Å²) in [5.74, 6) is 0.276. The molecular weight excluding hydrogens is 248 g/mol. The largest absolute Gasteiger partial charge is 0.507 e. The molecule has 0 heterocycles. The van der Waals surface area contributed by atoms with Crippen LogP contribution in [-0.2, 0) is 19.5 Å². The second-order valence-corrected chi connectivity index (χ2v) is 5.54. The van der Waals surface area contributed by atoms with Gasteiger partial charge in [0, 0.05) is 24.2 Å². The summed E-state index contributed by atoms with van der Waals surface area (Å²) >= 11 is 0. The topological polar surface area (TPSA) is 72.3 Å². The Hall–Kier alpha value is -1.06. The second kappa shape index (κ2) is 9.78. The van der Waals surface area contributed by atoms with Crippen molar-refractivity contribution in [2.45, 2.75) is 71.4 Å². The average molecular weight is 278 g/mol. The van der Waals surface area contributed by atoms with Crippen LogP contribution in [0.3, 0.4) is 0 Å². The molecule has 20 heavy (non-hydrogen) atoms. The minimum Gasteiger partial charge on any atom is -0.507 e. The van der Waals surface area contributed by atoms with Gasteiger partial charge in [0.1, 0.15) is 5.75 Å². The summed E-state index contributed by atoms with van der Waals surface area (Å²) in [7, 11) is 0. The van der Waals surface area contributed by atoms with E-state index >= 15 is 0 Å². The molecule has 0 aliphatic rings. The minimum atomic E-state index is 0.276. The lowest BCUT2D eigenvalue weighted by molar-refractivity contribution is 0.461. The molecule has 5 N–H and O–H groups in total. The van der Waals surface area contributed by atoms with Crippen LogP contribution in [0.4, 0.5) is 0 Å². The number of rotatable bonds is 10. The van der Waals surface area contributed by atoms with Crippen molar-refractivity contribution in [1.82, 2.24) is 0 Å². The molecule has 1 aromatic carbocycles. The molecule has 0 atom stereocenters. The third kappa shape index (κ3) is 5.51. The highest BCUT2D eigenvalue weighted by atomic mass is 16.3. The Morgan fingerprint density at radius 1 is 0.850 bits per heavy atom. The summed E-state index contributed by atoms with van der Waals surface area (Å²) in [6, 6.07) is 4.04. The SMILES string of the molecule is CCCCCCCCCc1cc(CN)c(O)c(CN)c1. The van der Waals surface area contributed by atoms with E-state index in [-0.39, 0.29) is 5.75 Å². The predicted molar refractivity (Wildman–Crippen MR) is 85.6 cm³/mol. The van der Waals surface area contributed by atoms with Crippen LogP contribution in [0.5, 0.6) is 5.75 Å². The maximum absolute atomic E-state index is 9.95. The van der Waals surface area contributed by atoms with Crippen molar-refractivity contribution < 1.29 is 5.11 Å². The van der Waals surface area contributed by atoms with Crippen LogP contribution < -0.4 is 11.5 Å². The third-order valence-corrected chi connectivity index (χ3v) is 3.84. The van der Waals surface area contributed by atoms with Crippen molar-refractivity contribution in [3.63, 3.8) is 0 Å². The van der Waals surface area contributed by atoms with Gasteiger partial charge in [0.2, 0.25) is 0 Å². The van der Waals surface area contributed by atoms with Crippen LogP contribution in [0, 0.1) is 0 Å². The molecule has 0 spiro atoms. The van der Waals surface area contributed by atoms with E-state index in [1.807, 2.05) is 12.1 Å². The van der Waals surface area contributed by atoms with Gasteiger partial charge in [-0.3, -0.25) is 0 Å². The van der Waals surface area contributed by atoms with Crippen molar-refractivity contribution in [2.75, 3.05) is 0 Å². The Balaban J connectivity index is 2.40. The number of phenols is 1. The van der Waals surface area contributed by atoms with Crippen LogP contribution in [0.2, 0.25) is 0 Å². The highest BCUT2D eigenvalue weighted by Gasteiger charge is 2.07. The first kappa shape index (κ1) is 17.0. The van der Waals surface area contributed by atoms with Crippen LogP contribution in [-0.4, -0.2) is 5.11 Å². The Morgan fingerprint density at radius 2 is 1.35 bits per heavy atom. The highest BCUT2D eigenvalue weighted by molar-refractivity contribution is 5.43. The predicted octanol–water partition coefficient (Wildman–Crippen LogP) is 3.60. The lowest BCUT2D eigenvalue weighted by Gasteiger charge is -2.11. The molecule has 1 rings (SSSR count). The number of aryl methyl sites for hydroxylation is 1. The van der Waals surface area contributed by atoms with E-state index in [1.165, 1.54) is 50.5 Å². The van der Waals surface area contributed by atoms with Gasteiger partial charge < -0.3 is 16.6 Å². The molecule has 114 valence electrons. The first-order valence-electron chi connectivity index (χ1n) is 7.96. The molecule has 0 radical (unpaired) electrons. The number of nitrogens with two attached hydrogens (primary N) is 2. The van der Waals surface area contributed by atoms with Gasteiger partial charge in [0.25, 0.3) is 0 Å². The molecule has 0 saturated heterocycles. The van der Waals surface area contributed by atoms with Crippen LogP contribution >= 0.6 is 0 Å². The van der Waals surface area contributed by atoms with Crippen molar-refractivity contribution in [1.29, 1.82) is 0 Å². The van der Waals surface area contributed by atoms with Gasteiger partial charge >= 0.3 is 0 Å².